The molecule has 106 valence electrons. The molecule has 1 N–H and O–H groups in total. The Morgan fingerprint density at radius 3 is 2.53 bits per heavy atom. The maximum absolute atomic E-state index is 12.3. The summed E-state index contributed by atoms with van der Waals surface area (Å²) in [6, 6.07) is 5.24. The van der Waals surface area contributed by atoms with E-state index in [1.54, 1.807) is 6.92 Å². The fourth-order valence-corrected chi connectivity index (χ4v) is 3.31. The molecule has 0 fully saturated rings. The Balaban J connectivity index is 3.22. The van der Waals surface area contributed by atoms with E-state index in [0.29, 0.717) is 0 Å². The summed E-state index contributed by atoms with van der Waals surface area (Å²) >= 11 is 0. The lowest BCUT2D eigenvalue weighted by Gasteiger charge is -2.19. The number of aliphatic hydroxyl groups excluding tert-OH is 1. The topological polar surface area (TPSA) is 101 Å². The minimum absolute atomic E-state index is 0.126. The smallest absolute Gasteiger partial charge is 0.289 e. The highest BCUT2D eigenvalue weighted by Gasteiger charge is 2.29. The average Bonchev–Trinajstić information content (AvgIpc) is 2.39. The normalized spacial score (nSPS) is 11.7. The van der Waals surface area contributed by atoms with Gasteiger partial charge in [0.1, 0.15) is 0 Å². The third kappa shape index (κ3) is 3.49. The first-order chi connectivity index (χ1) is 8.95. The SMILES string of the molecule is CCN(CCCO)S(=O)(=O)c1ccccc1[N+](=O)[O-]. The molecule has 0 amide bonds. The quantitative estimate of drug-likeness (QED) is 0.595. The van der Waals surface area contributed by atoms with Gasteiger partial charge in [0.05, 0.1) is 4.92 Å². The highest BCUT2D eigenvalue weighted by Crippen LogP contribution is 2.26. The third-order valence-corrected chi connectivity index (χ3v) is 4.62. The summed E-state index contributed by atoms with van der Waals surface area (Å²) in [6.07, 6.45) is 0.285. The Morgan fingerprint density at radius 2 is 2.00 bits per heavy atom. The Hall–Kier alpha value is -1.51. The Labute approximate surface area is 111 Å². The number of rotatable bonds is 7. The van der Waals surface area contributed by atoms with E-state index in [9.17, 15) is 18.5 Å². The number of hydrogen-bond donors (Lipinski definition) is 1. The molecule has 0 aliphatic carbocycles. The van der Waals surface area contributed by atoms with Gasteiger partial charge in [0.2, 0.25) is 10.0 Å². The second kappa shape index (κ2) is 6.60. The van der Waals surface area contributed by atoms with Crippen molar-refractivity contribution < 1.29 is 18.4 Å². The molecule has 8 heteroatoms. The molecule has 0 saturated heterocycles. The lowest BCUT2D eigenvalue weighted by Crippen LogP contribution is -2.32. The third-order valence-electron chi connectivity index (χ3n) is 2.60. The second-order valence-electron chi connectivity index (χ2n) is 3.80. The number of para-hydroxylation sites is 1. The van der Waals surface area contributed by atoms with Crippen LogP contribution < -0.4 is 0 Å². The Morgan fingerprint density at radius 1 is 1.37 bits per heavy atom. The van der Waals surface area contributed by atoms with E-state index < -0.39 is 20.6 Å². The number of nitrogens with zero attached hydrogens (tertiary/aromatic N) is 2. The molecule has 0 heterocycles. The standard InChI is InChI=1S/C11H16N2O5S/c1-2-12(8-5-9-14)19(17,18)11-7-4-3-6-10(11)13(15)16/h3-4,6-7,14H,2,5,8-9H2,1H3. The minimum Gasteiger partial charge on any atom is -0.396 e. The lowest BCUT2D eigenvalue weighted by molar-refractivity contribution is -0.387. The molecule has 0 unspecified atom stereocenters. The molecule has 0 radical (unpaired) electrons. The van der Waals surface area contributed by atoms with E-state index in [2.05, 4.69) is 0 Å². The molecule has 0 saturated carbocycles. The first-order valence-electron chi connectivity index (χ1n) is 5.79. The molecule has 1 aromatic carbocycles. The van der Waals surface area contributed by atoms with Crippen LogP contribution in [0.25, 0.3) is 0 Å². The average molecular weight is 288 g/mol. The minimum atomic E-state index is -3.92. The first-order valence-corrected chi connectivity index (χ1v) is 7.23. The van der Waals surface area contributed by atoms with Gasteiger partial charge in [-0.3, -0.25) is 10.1 Å². The molecule has 1 aromatic rings. The van der Waals surface area contributed by atoms with Crippen LogP contribution >= 0.6 is 0 Å². The van der Waals surface area contributed by atoms with Crippen molar-refractivity contribution in [1.29, 1.82) is 0 Å². The zero-order chi connectivity index (χ0) is 14.5. The summed E-state index contributed by atoms with van der Waals surface area (Å²) < 4.78 is 25.8. The predicted molar refractivity (Wildman–Crippen MR) is 69.2 cm³/mol. The molecule has 7 nitrogen and oxygen atoms in total. The summed E-state index contributed by atoms with van der Waals surface area (Å²) in [4.78, 5) is 9.84. The lowest BCUT2D eigenvalue weighted by atomic mass is 10.3. The summed E-state index contributed by atoms with van der Waals surface area (Å²) in [5.74, 6) is 0. The van der Waals surface area contributed by atoms with E-state index in [-0.39, 0.29) is 31.0 Å². The molecule has 0 aliphatic heterocycles. The molecule has 1 rings (SSSR count). The van der Waals surface area contributed by atoms with E-state index in [1.165, 1.54) is 18.2 Å². The highest BCUT2D eigenvalue weighted by molar-refractivity contribution is 7.89. The van der Waals surface area contributed by atoms with Crippen molar-refractivity contribution in [3.05, 3.63) is 34.4 Å². The van der Waals surface area contributed by atoms with E-state index >= 15 is 0 Å². The van der Waals surface area contributed by atoms with Gasteiger partial charge in [-0.1, -0.05) is 19.1 Å². The number of aliphatic hydroxyl groups is 1. The van der Waals surface area contributed by atoms with Gasteiger partial charge in [0, 0.05) is 25.8 Å². The van der Waals surface area contributed by atoms with Crippen molar-refractivity contribution in [1.82, 2.24) is 4.31 Å². The summed E-state index contributed by atoms with van der Waals surface area (Å²) in [7, 11) is -3.92. The van der Waals surface area contributed by atoms with Crippen LogP contribution in [-0.2, 0) is 10.0 Å². The Kier molecular flexibility index (Phi) is 5.40. The van der Waals surface area contributed by atoms with Crippen molar-refractivity contribution in [2.75, 3.05) is 19.7 Å². The summed E-state index contributed by atoms with van der Waals surface area (Å²) in [5, 5.41) is 19.6. The maximum Gasteiger partial charge on any atom is 0.289 e. The van der Waals surface area contributed by atoms with Crippen LogP contribution in [0.3, 0.4) is 0 Å². The number of benzene rings is 1. The van der Waals surface area contributed by atoms with Gasteiger partial charge in [-0.15, -0.1) is 0 Å². The van der Waals surface area contributed by atoms with E-state index in [0.717, 1.165) is 10.4 Å². The molecule has 0 atom stereocenters. The maximum atomic E-state index is 12.3. The summed E-state index contributed by atoms with van der Waals surface area (Å²) in [5.41, 5.74) is -0.440. The molecule has 0 spiro atoms. The fraction of sp³-hybridized carbons (Fsp3) is 0.455. The van der Waals surface area contributed by atoms with Crippen LogP contribution in [0.1, 0.15) is 13.3 Å². The zero-order valence-corrected chi connectivity index (χ0v) is 11.3. The zero-order valence-electron chi connectivity index (χ0n) is 10.5. The van der Waals surface area contributed by atoms with Crippen LogP contribution in [0, 0.1) is 10.1 Å². The van der Waals surface area contributed by atoms with Crippen molar-refractivity contribution >= 4 is 15.7 Å². The van der Waals surface area contributed by atoms with E-state index in [1.807, 2.05) is 0 Å². The van der Waals surface area contributed by atoms with Crippen LogP contribution in [-0.4, -0.2) is 42.4 Å². The molecule has 19 heavy (non-hydrogen) atoms. The Bertz CT molecular complexity index is 544. The van der Waals surface area contributed by atoms with Crippen LogP contribution in [0.15, 0.2) is 29.2 Å². The van der Waals surface area contributed by atoms with Crippen molar-refractivity contribution in [3.63, 3.8) is 0 Å². The summed E-state index contributed by atoms with van der Waals surface area (Å²) in [6.45, 7) is 1.82. The van der Waals surface area contributed by atoms with Crippen LogP contribution in [0.5, 0.6) is 0 Å². The monoisotopic (exact) mass is 288 g/mol. The van der Waals surface area contributed by atoms with Crippen molar-refractivity contribution in [3.8, 4) is 0 Å². The number of nitro groups is 1. The number of hydrogen-bond acceptors (Lipinski definition) is 5. The molecular formula is C11H16N2O5S. The molecule has 0 bridgehead atoms. The molecule has 0 aromatic heterocycles. The van der Waals surface area contributed by atoms with E-state index in [4.69, 9.17) is 5.11 Å². The first kappa shape index (κ1) is 15.5. The highest BCUT2D eigenvalue weighted by atomic mass is 32.2. The molecular weight excluding hydrogens is 272 g/mol. The van der Waals surface area contributed by atoms with Gasteiger partial charge in [-0.05, 0) is 12.5 Å². The van der Waals surface area contributed by atoms with Crippen molar-refractivity contribution in [2.24, 2.45) is 0 Å². The van der Waals surface area contributed by atoms with Gasteiger partial charge in [-0.2, -0.15) is 4.31 Å². The fourth-order valence-electron chi connectivity index (χ4n) is 1.66. The number of sulfonamides is 1. The van der Waals surface area contributed by atoms with Crippen LogP contribution in [0.2, 0.25) is 0 Å². The van der Waals surface area contributed by atoms with Gasteiger partial charge in [0.15, 0.2) is 4.90 Å². The number of nitro benzene ring substituents is 1. The van der Waals surface area contributed by atoms with Gasteiger partial charge in [-0.25, -0.2) is 8.42 Å². The predicted octanol–water partition coefficient (Wildman–Crippen LogP) is 0.988. The van der Waals surface area contributed by atoms with Gasteiger partial charge in [0.25, 0.3) is 5.69 Å². The van der Waals surface area contributed by atoms with Crippen LogP contribution in [0.4, 0.5) is 5.69 Å². The second-order valence-corrected chi connectivity index (χ2v) is 5.71. The van der Waals surface area contributed by atoms with Gasteiger partial charge >= 0.3 is 0 Å². The van der Waals surface area contributed by atoms with Crippen molar-refractivity contribution in [2.45, 2.75) is 18.2 Å². The van der Waals surface area contributed by atoms with Gasteiger partial charge < -0.3 is 5.11 Å². The largest absolute Gasteiger partial charge is 0.396 e. The molecule has 0 aliphatic rings.